The van der Waals surface area contributed by atoms with Gasteiger partial charge in [-0.1, -0.05) is 45.7 Å². The highest BCUT2D eigenvalue weighted by Crippen LogP contribution is 2.71. The summed E-state index contributed by atoms with van der Waals surface area (Å²) in [6.45, 7) is 5.65. The van der Waals surface area contributed by atoms with Crippen LogP contribution in [0.15, 0.2) is 0 Å². The molecule has 0 aliphatic heterocycles. The molecule has 30 heavy (non-hydrogen) atoms. The van der Waals surface area contributed by atoms with Gasteiger partial charge in [-0.2, -0.15) is 0 Å². The van der Waals surface area contributed by atoms with E-state index in [1.807, 2.05) is 6.92 Å². The number of halogens is 2. The molecule has 5 nitrogen and oxygen atoms in total. The molecule has 0 spiro atoms. The van der Waals surface area contributed by atoms with Crippen molar-refractivity contribution in [2.75, 3.05) is 5.33 Å². The van der Waals surface area contributed by atoms with Gasteiger partial charge < -0.3 is 9.84 Å². The molecule has 0 amide bonds. The fraction of sp³-hybridized carbons (Fsp3) is 0.870. The predicted molar refractivity (Wildman–Crippen MR) is 120 cm³/mol. The van der Waals surface area contributed by atoms with Crippen LogP contribution in [-0.4, -0.2) is 44.0 Å². The Morgan fingerprint density at radius 3 is 2.43 bits per heavy atom. The first kappa shape index (κ1) is 22.9. The van der Waals surface area contributed by atoms with Crippen LogP contribution in [0.4, 0.5) is 0 Å². The number of aliphatic hydroxyl groups is 1. The van der Waals surface area contributed by atoms with E-state index in [2.05, 4.69) is 38.8 Å². The second kappa shape index (κ2) is 7.38. The number of esters is 1. The molecule has 0 unspecified atom stereocenters. The first-order chi connectivity index (χ1) is 13.9. The van der Waals surface area contributed by atoms with Crippen LogP contribution in [0.5, 0.6) is 0 Å². The number of ketones is 2. The fourth-order valence-corrected chi connectivity index (χ4v) is 9.53. The molecular weight excluding hydrogens is 516 g/mol. The van der Waals surface area contributed by atoms with E-state index in [-0.39, 0.29) is 52.6 Å². The Balaban J connectivity index is 1.68. The van der Waals surface area contributed by atoms with Crippen molar-refractivity contribution in [3.05, 3.63) is 0 Å². The normalized spacial score (nSPS) is 50.3. The zero-order valence-corrected chi connectivity index (χ0v) is 21.2. The highest BCUT2D eigenvalue weighted by atomic mass is 79.9. The van der Waals surface area contributed by atoms with Gasteiger partial charge in [-0.3, -0.25) is 14.4 Å². The predicted octanol–water partition coefficient (Wildman–Crippen LogP) is 4.35. The number of carbonyl (C=O) groups is 3. The van der Waals surface area contributed by atoms with Gasteiger partial charge in [0, 0.05) is 18.8 Å². The zero-order chi connectivity index (χ0) is 22.1. The smallest absolute Gasteiger partial charge is 0.302 e. The molecule has 4 fully saturated rings. The Bertz CT molecular complexity index is 786. The van der Waals surface area contributed by atoms with Gasteiger partial charge in [0.2, 0.25) is 0 Å². The van der Waals surface area contributed by atoms with Gasteiger partial charge >= 0.3 is 5.97 Å². The van der Waals surface area contributed by atoms with E-state index in [1.165, 1.54) is 6.92 Å². The van der Waals surface area contributed by atoms with Crippen LogP contribution in [-0.2, 0) is 19.1 Å². The quantitative estimate of drug-likeness (QED) is 0.419. The highest BCUT2D eigenvalue weighted by molar-refractivity contribution is 9.10. The van der Waals surface area contributed by atoms with E-state index in [4.69, 9.17) is 4.74 Å². The van der Waals surface area contributed by atoms with Gasteiger partial charge in [0.25, 0.3) is 0 Å². The fourth-order valence-electron chi connectivity index (χ4n) is 7.85. The maximum Gasteiger partial charge on any atom is 0.302 e. The Kier molecular flexibility index (Phi) is 5.63. The van der Waals surface area contributed by atoms with Crippen molar-refractivity contribution in [3.8, 4) is 0 Å². The van der Waals surface area contributed by atoms with Crippen LogP contribution in [0.2, 0.25) is 0 Å². The molecule has 0 saturated heterocycles. The summed E-state index contributed by atoms with van der Waals surface area (Å²) in [5.74, 6) is 0.233. The molecule has 4 rings (SSSR count). The molecular formula is C23H32Br2O5. The van der Waals surface area contributed by atoms with Crippen molar-refractivity contribution in [1.29, 1.82) is 0 Å². The zero-order valence-electron chi connectivity index (χ0n) is 18.0. The molecule has 4 aliphatic rings. The van der Waals surface area contributed by atoms with Crippen molar-refractivity contribution >= 4 is 49.4 Å². The summed E-state index contributed by atoms with van der Waals surface area (Å²) in [4.78, 5) is 38.0. The molecule has 0 aromatic rings. The van der Waals surface area contributed by atoms with E-state index in [0.717, 1.165) is 38.5 Å². The number of hydrogen-bond acceptors (Lipinski definition) is 5. The number of Topliss-reactive ketones (excluding diaryl/α,β-unsaturated/α-hetero) is 2. The Labute approximate surface area is 195 Å². The third-order valence-corrected chi connectivity index (χ3v) is 12.0. The van der Waals surface area contributed by atoms with Gasteiger partial charge in [0.15, 0.2) is 11.6 Å². The van der Waals surface area contributed by atoms with Crippen molar-refractivity contribution in [2.24, 2.45) is 28.6 Å². The second-order valence-electron chi connectivity index (χ2n) is 10.6. The standard InChI is InChI=1S/C23H32Br2O5/c1-13(26)30-15-6-8-20(2)14(10-15)4-5-17-16-7-9-22(29,19(28)12-24)21(16,3)11-18(27)23(17,20)25/h14-17,29H,4-12H2,1-3H3/t14-,15+,16+,17+,20+,21-,22-,23-/m0/s1. The monoisotopic (exact) mass is 546 g/mol. The van der Waals surface area contributed by atoms with Crippen molar-refractivity contribution < 1.29 is 24.2 Å². The minimum atomic E-state index is -1.43. The summed E-state index contributed by atoms with van der Waals surface area (Å²) in [6, 6.07) is 0. The van der Waals surface area contributed by atoms with Crippen LogP contribution >= 0.6 is 31.9 Å². The molecule has 1 N–H and O–H groups in total. The molecule has 168 valence electrons. The number of alkyl halides is 2. The lowest BCUT2D eigenvalue weighted by atomic mass is 9.43. The SMILES string of the molecule is CC(=O)O[C@@H]1CC[C@]2(C)[C@@H](CC[C@@H]3[C@H]4CC[C@](O)(C(=O)CBr)[C@@]4(C)CC(=O)[C@@]32Br)C1. The molecule has 7 heteroatoms. The van der Waals surface area contributed by atoms with Crippen LogP contribution in [0, 0.1) is 28.6 Å². The van der Waals surface area contributed by atoms with E-state index in [0.29, 0.717) is 12.3 Å². The molecule has 4 saturated carbocycles. The lowest BCUT2D eigenvalue weighted by Gasteiger charge is -2.64. The average Bonchev–Trinajstić information content (AvgIpc) is 2.94. The summed E-state index contributed by atoms with van der Waals surface area (Å²) in [5.41, 5.74) is -2.37. The van der Waals surface area contributed by atoms with E-state index in [1.54, 1.807) is 0 Å². The van der Waals surface area contributed by atoms with Gasteiger partial charge in [-0.05, 0) is 68.1 Å². The Morgan fingerprint density at radius 1 is 1.10 bits per heavy atom. The first-order valence-electron chi connectivity index (χ1n) is 11.1. The van der Waals surface area contributed by atoms with E-state index < -0.39 is 15.3 Å². The van der Waals surface area contributed by atoms with Crippen molar-refractivity contribution in [1.82, 2.24) is 0 Å². The van der Waals surface area contributed by atoms with Crippen LogP contribution < -0.4 is 0 Å². The van der Waals surface area contributed by atoms with Crippen LogP contribution in [0.25, 0.3) is 0 Å². The molecule has 0 aromatic carbocycles. The molecule has 0 heterocycles. The average molecular weight is 548 g/mol. The maximum atomic E-state index is 13.8. The summed E-state index contributed by atoms with van der Waals surface area (Å²) >= 11 is 7.26. The summed E-state index contributed by atoms with van der Waals surface area (Å²) in [7, 11) is 0. The molecule has 0 aromatic heterocycles. The Hall–Kier alpha value is -0.270. The number of rotatable bonds is 3. The van der Waals surface area contributed by atoms with Gasteiger partial charge in [-0.25, -0.2) is 0 Å². The number of ether oxygens (including phenoxy) is 1. The second-order valence-corrected chi connectivity index (χ2v) is 12.4. The van der Waals surface area contributed by atoms with Crippen molar-refractivity contribution in [2.45, 2.75) is 88.2 Å². The van der Waals surface area contributed by atoms with E-state index >= 15 is 0 Å². The van der Waals surface area contributed by atoms with E-state index in [9.17, 15) is 19.5 Å². The van der Waals surface area contributed by atoms with Crippen LogP contribution in [0.3, 0.4) is 0 Å². The number of carbonyl (C=O) groups excluding carboxylic acids is 3. The summed E-state index contributed by atoms with van der Waals surface area (Å²) in [6.07, 6.45) is 5.64. The first-order valence-corrected chi connectivity index (χ1v) is 13.1. The number of hydrogen-bond donors (Lipinski definition) is 1. The highest BCUT2D eigenvalue weighted by Gasteiger charge is 2.73. The summed E-state index contributed by atoms with van der Waals surface area (Å²) < 4.78 is 4.88. The van der Waals surface area contributed by atoms with Gasteiger partial charge in [0.05, 0.1) is 9.65 Å². The van der Waals surface area contributed by atoms with Crippen molar-refractivity contribution in [3.63, 3.8) is 0 Å². The minimum absolute atomic E-state index is 0.0645. The number of fused-ring (bicyclic) bond motifs is 5. The lowest BCUT2D eigenvalue weighted by molar-refractivity contribution is -0.174. The maximum absolute atomic E-state index is 13.8. The molecule has 0 bridgehead atoms. The topological polar surface area (TPSA) is 80.7 Å². The molecule has 8 atom stereocenters. The molecule has 4 aliphatic carbocycles. The lowest BCUT2D eigenvalue weighted by Crippen LogP contribution is -2.69. The summed E-state index contributed by atoms with van der Waals surface area (Å²) in [5, 5.41) is 11.5. The van der Waals surface area contributed by atoms with Gasteiger partial charge in [0.1, 0.15) is 11.7 Å². The Morgan fingerprint density at radius 2 is 1.80 bits per heavy atom. The third-order valence-electron chi connectivity index (χ3n) is 9.52. The molecule has 0 radical (unpaired) electrons. The third kappa shape index (κ3) is 2.83. The van der Waals surface area contributed by atoms with Crippen LogP contribution in [0.1, 0.15) is 72.1 Å². The minimum Gasteiger partial charge on any atom is -0.463 e. The largest absolute Gasteiger partial charge is 0.463 e. The van der Waals surface area contributed by atoms with Gasteiger partial charge in [-0.15, -0.1) is 0 Å².